The standard InChI is InChI=1S/C10H13NO2.ClH/c1-12-11-6-8-7-13-10-5-3-2-4-9(8)10;/h2-5,8,11H,6-7H2,1H3;1H. The molecule has 1 aliphatic heterocycles. The Bertz CT molecular complexity index is 293. The molecule has 14 heavy (non-hydrogen) atoms. The van der Waals surface area contributed by atoms with E-state index < -0.39 is 0 Å². The zero-order valence-corrected chi connectivity index (χ0v) is 8.84. The average Bonchev–Trinajstić information content (AvgIpc) is 2.58. The van der Waals surface area contributed by atoms with Gasteiger partial charge in [-0.05, 0) is 6.07 Å². The van der Waals surface area contributed by atoms with Gasteiger partial charge >= 0.3 is 0 Å². The van der Waals surface area contributed by atoms with Gasteiger partial charge < -0.3 is 9.57 Å². The number of benzene rings is 1. The third-order valence-corrected chi connectivity index (χ3v) is 2.27. The van der Waals surface area contributed by atoms with E-state index in [0.29, 0.717) is 5.92 Å². The second-order valence-electron chi connectivity index (χ2n) is 3.10. The van der Waals surface area contributed by atoms with Crippen LogP contribution in [0.5, 0.6) is 5.75 Å². The molecule has 0 spiro atoms. The second kappa shape index (κ2) is 5.20. The van der Waals surface area contributed by atoms with Crippen molar-refractivity contribution in [2.75, 3.05) is 20.3 Å². The molecule has 3 nitrogen and oxygen atoms in total. The molecular weight excluding hydrogens is 202 g/mol. The van der Waals surface area contributed by atoms with Crippen LogP contribution >= 0.6 is 12.4 Å². The average molecular weight is 216 g/mol. The van der Waals surface area contributed by atoms with E-state index in [1.165, 1.54) is 5.56 Å². The number of para-hydroxylation sites is 1. The molecule has 1 heterocycles. The van der Waals surface area contributed by atoms with E-state index in [1.54, 1.807) is 7.11 Å². The third-order valence-electron chi connectivity index (χ3n) is 2.27. The molecule has 0 saturated carbocycles. The monoisotopic (exact) mass is 215 g/mol. The quantitative estimate of drug-likeness (QED) is 0.780. The summed E-state index contributed by atoms with van der Waals surface area (Å²) in [6, 6.07) is 8.13. The van der Waals surface area contributed by atoms with E-state index in [4.69, 9.17) is 9.57 Å². The molecule has 1 aliphatic rings. The molecule has 1 aromatic carbocycles. The van der Waals surface area contributed by atoms with Crippen LogP contribution in [0.2, 0.25) is 0 Å². The lowest BCUT2D eigenvalue weighted by molar-refractivity contribution is 0.0849. The maximum absolute atomic E-state index is 5.51. The fourth-order valence-corrected chi connectivity index (χ4v) is 1.58. The van der Waals surface area contributed by atoms with E-state index in [0.717, 1.165) is 18.9 Å². The zero-order chi connectivity index (χ0) is 9.10. The molecular formula is C10H14ClNO2. The van der Waals surface area contributed by atoms with E-state index in [9.17, 15) is 0 Å². The fraction of sp³-hybridized carbons (Fsp3) is 0.400. The Kier molecular flexibility index (Phi) is 4.20. The highest BCUT2D eigenvalue weighted by Gasteiger charge is 2.22. The molecule has 0 fully saturated rings. The fourth-order valence-electron chi connectivity index (χ4n) is 1.58. The smallest absolute Gasteiger partial charge is 0.122 e. The maximum Gasteiger partial charge on any atom is 0.122 e. The summed E-state index contributed by atoms with van der Waals surface area (Å²) in [6.45, 7) is 1.54. The van der Waals surface area contributed by atoms with Gasteiger partial charge in [0.2, 0.25) is 0 Å². The number of halogens is 1. The Morgan fingerprint density at radius 3 is 3.07 bits per heavy atom. The molecule has 0 aliphatic carbocycles. The molecule has 1 aromatic rings. The van der Waals surface area contributed by atoms with Gasteiger partial charge in [0.05, 0.1) is 13.7 Å². The minimum Gasteiger partial charge on any atom is -0.493 e. The first-order chi connectivity index (χ1) is 6.42. The van der Waals surface area contributed by atoms with Gasteiger partial charge in [0, 0.05) is 18.0 Å². The van der Waals surface area contributed by atoms with Gasteiger partial charge in [-0.25, -0.2) is 5.48 Å². The van der Waals surface area contributed by atoms with Crippen molar-refractivity contribution >= 4 is 12.4 Å². The van der Waals surface area contributed by atoms with Crippen molar-refractivity contribution in [1.82, 2.24) is 5.48 Å². The van der Waals surface area contributed by atoms with Gasteiger partial charge in [-0.3, -0.25) is 0 Å². The lowest BCUT2D eigenvalue weighted by Gasteiger charge is -2.07. The first kappa shape index (κ1) is 11.3. The summed E-state index contributed by atoms with van der Waals surface area (Å²) in [4.78, 5) is 4.81. The van der Waals surface area contributed by atoms with Gasteiger partial charge in [-0.2, -0.15) is 0 Å². The van der Waals surface area contributed by atoms with Crippen molar-refractivity contribution in [3.05, 3.63) is 29.8 Å². The van der Waals surface area contributed by atoms with Gasteiger partial charge in [-0.1, -0.05) is 18.2 Å². The van der Waals surface area contributed by atoms with E-state index in [2.05, 4.69) is 11.5 Å². The number of hydrogen-bond acceptors (Lipinski definition) is 3. The summed E-state index contributed by atoms with van der Waals surface area (Å²) in [5.41, 5.74) is 4.12. The number of hydroxylamine groups is 1. The first-order valence-electron chi connectivity index (χ1n) is 4.39. The van der Waals surface area contributed by atoms with Crippen LogP contribution in [0, 0.1) is 0 Å². The van der Waals surface area contributed by atoms with Gasteiger partial charge in [0.15, 0.2) is 0 Å². The Labute approximate surface area is 89.8 Å². The maximum atomic E-state index is 5.51. The minimum absolute atomic E-state index is 0. The molecule has 1 atom stereocenters. The SMILES string of the molecule is CONCC1COc2ccccc21.Cl. The van der Waals surface area contributed by atoms with Crippen LogP contribution in [-0.2, 0) is 4.84 Å². The molecule has 0 bridgehead atoms. The van der Waals surface area contributed by atoms with Crippen LogP contribution < -0.4 is 10.2 Å². The van der Waals surface area contributed by atoms with Crippen molar-refractivity contribution < 1.29 is 9.57 Å². The summed E-state index contributed by atoms with van der Waals surface area (Å²) >= 11 is 0. The molecule has 1 N–H and O–H groups in total. The van der Waals surface area contributed by atoms with E-state index >= 15 is 0 Å². The third kappa shape index (κ3) is 2.18. The number of fused-ring (bicyclic) bond motifs is 1. The van der Waals surface area contributed by atoms with Crippen LogP contribution in [0.3, 0.4) is 0 Å². The highest BCUT2D eigenvalue weighted by Crippen LogP contribution is 2.32. The summed E-state index contributed by atoms with van der Waals surface area (Å²) in [7, 11) is 1.63. The number of hydrogen-bond donors (Lipinski definition) is 1. The molecule has 0 aromatic heterocycles. The molecule has 0 amide bonds. The normalized spacial score (nSPS) is 18.2. The Morgan fingerprint density at radius 1 is 1.50 bits per heavy atom. The predicted molar refractivity (Wildman–Crippen MR) is 56.9 cm³/mol. The summed E-state index contributed by atoms with van der Waals surface area (Å²) in [6.07, 6.45) is 0. The van der Waals surface area contributed by atoms with Crippen molar-refractivity contribution in [2.24, 2.45) is 0 Å². The lowest BCUT2D eigenvalue weighted by Crippen LogP contribution is -2.21. The Balaban J connectivity index is 0.000000980. The minimum atomic E-state index is 0. The van der Waals surface area contributed by atoms with Crippen LogP contribution in [0.15, 0.2) is 24.3 Å². The predicted octanol–water partition coefficient (Wildman–Crippen LogP) is 1.74. The van der Waals surface area contributed by atoms with Gasteiger partial charge in [-0.15, -0.1) is 12.4 Å². The summed E-state index contributed by atoms with van der Waals surface area (Å²) < 4.78 is 5.51. The first-order valence-corrected chi connectivity index (χ1v) is 4.39. The molecule has 2 rings (SSSR count). The molecule has 0 radical (unpaired) electrons. The van der Waals surface area contributed by atoms with Crippen molar-refractivity contribution in [3.8, 4) is 5.75 Å². The number of nitrogens with one attached hydrogen (secondary N) is 1. The highest BCUT2D eigenvalue weighted by molar-refractivity contribution is 5.85. The van der Waals surface area contributed by atoms with Crippen molar-refractivity contribution in [2.45, 2.75) is 5.92 Å². The number of ether oxygens (including phenoxy) is 1. The molecule has 4 heteroatoms. The largest absolute Gasteiger partial charge is 0.493 e. The Morgan fingerprint density at radius 2 is 2.29 bits per heavy atom. The second-order valence-corrected chi connectivity index (χ2v) is 3.10. The topological polar surface area (TPSA) is 30.5 Å². The molecule has 1 unspecified atom stereocenters. The van der Waals surface area contributed by atoms with Gasteiger partial charge in [0.1, 0.15) is 5.75 Å². The summed E-state index contributed by atoms with van der Waals surface area (Å²) in [5, 5.41) is 0. The lowest BCUT2D eigenvalue weighted by atomic mass is 10.0. The molecule has 78 valence electrons. The van der Waals surface area contributed by atoms with E-state index in [-0.39, 0.29) is 12.4 Å². The summed E-state index contributed by atoms with van der Waals surface area (Å²) in [5.74, 6) is 1.42. The van der Waals surface area contributed by atoms with Crippen molar-refractivity contribution in [3.63, 3.8) is 0 Å². The van der Waals surface area contributed by atoms with Crippen LogP contribution in [-0.4, -0.2) is 20.3 Å². The van der Waals surface area contributed by atoms with Crippen LogP contribution in [0.1, 0.15) is 11.5 Å². The molecule has 0 saturated heterocycles. The van der Waals surface area contributed by atoms with Gasteiger partial charge in [0.25, 0.3) is 0 Å². The van der Waals surface area contributed by atoms with Crippen LogP contribution in [0.25, 0.3) is 0 Å². The van der Waals surface area contributed by atoms with E-state index in [1.807, 2.05) is 18.2 Å². The zero-order valence-electron chi connectivity index (χ0n) is 8.03. The Hall–Kier alpha value is -0.770. The van der Waals surface area contributed by atoms with Crippen molar-refractivity contribution in [1.29, 1.82) is 0 Å². The van der Waals surface area contributed by atoms with Crippen LogP contribution in [0.4, 0.5) is 0 Å². The number of rotatable bonds is 3. The highest BCUT2D eigenvalue weighted by atomic mass is 35.5.